The summed E-state index contributed by atoms with van der Waals surface area (Å²) in [6.07, 6.45) is 3.05. The number of fused-ring (bicyclic) bond motifs is 1. The van der Waals surface area contributed by atoms with Crippen LogP contribution in [-0.2, 0) is 19.4 Å². The van der Waals surface area contributed by atoms with Crippen molar-refractivity contribution < 1.29 is 9.53 Å². The highest BCUT2D eigenvalue weighted by Crippen LogP contribution is 2.24. The van der Waals surface area contributed by atoms with Gasteiger partial charge < -0.3 is 9.64 Å². The molecule has 1 amide bonds. The molecule has 128 valence electrons. The Morgan fingerprint density at radius 1 is 1.29 bits per heavy atom. The van der Waals surface area contributed by atoms with Crippen molar-refractivity contribution in [2.75, 3.05) is 27.2 Å². The second-order valence-electron chi connectivity index (χ2n) is 6.40. The smallest absolute Gasteiger partial charge is 0.410 e. The van der Waals surface area contributed by atoms with Crippen LogP contribution in [0.4, 0.5) is 4.79 Å². The lowest BCUT2D eigenvalue weighted by molar-refractivity contribution is 0.171. The number of nitrogens with zero attached hydrogens (tertiary/aromatic N) is 2. The number of thiophene rings is 1. The van der Waals surface area contributed by atoms with E-state index in [1.165, 1.54) is 33.7 Å². The molecule has 0 fully saturated rings. The molecule has 0 radical (unpaired) electrons. The van der Waals surface area contributed by atoms with E-state index in [4.69, 9.17) is 4.74 Å². The van der Waals surface area contributed by atoms with Crippen LogP contribution in [0.25, 0.3) is 0 Å². The first kappa shape index (κ1) is 17.0. The lowest BCUT2D eigenvalue weighted by atomic mass is 9.99. The minimum Gasteiger partial charge on any atom is -0.410 e. The zero-order valence-electron chi connectivity index (χ0n) is 14.3. The van der Waals surface area contributed by atoms with Crippen LogP contribution in [0.15, 0.2) is 35.7 Å². The molecule has 1 aromatic heterocycles. The second kappa shape index (κ2) is 7.81. The van der Waals surface area contributed by atoms with Crippen LogP contribution in [0.3, 0.4) is 0 Å². The van der Waals surface area contributed by atoms with Gasteiger partial charge in [-0.25, -0.2) is 4.79 Å². The minimum atomic E-state index is -0.332. The molecule has 0 unspecified atom stereocenters. The van der Waals surface area contributed by atoms with Gasteiger partial charge in [0.2, 0.25) is 0 Å². The molecule has 4 nitrogen and oxygen atoms in total. The Kier molecular flexibility index (Phi) is 5.53. The molecule has 5 heteroatoms. The van der Waals surface area contributed by atoms with E-state index in [1.54, 1.807) is 14.1 Å². The minimum absolute atomic E-state index is 0.332. The van der Waals surface area contributed by atoms with Crippen LogP contribution in [0.2, 0.25) is 0 Å². The fraction of sp³-hybridized carbons (Fsp3) is 0.421. The third kappa shape index (κ3) is 4.36. The predicted molar refractivity (Wildman–Crippen MR) is 97.8 cm³/mol. The van der Waals surface area contributed by atoms with E-state index in [1.807, 2.05) is 23.5 Å². The summed E-state index contributed by atoms with van der Waals surface area (Å²) >= 11 is 1.84. The van der Waals surface area contributed by atoms with Gasteiger partial charge in [-0.05, 0) is 60.5 Å². The average Bonchev–Trinajstić information content (AvgIpc) is 3.08. The number of hydrogen-bond acceptors (Lipinski definition) is 4. The standard InChI is InChI=1S/C19H24N2O2S/c1-20(2)19(22)23-17-8-7-16-14-21(11-9-15(16)13-17)10-3-5-18-6-4-12-24-18/h4,6-8,12-13H,3,5,9-11,14H2,1-2H3. The summed E-state index contributed by atoms with van der Waals surface area (Å²) in [6.45, 7) is 3.19. The van der Waals surface area contributed by atoms with Gasteiger partial charge in [-0.15, -0.1) is 11.3 Å². The van der Waals surface area contributed by atoms with Crippen LogP contribution in [0.5, 0.6) is 5.75 Å². The van der Waals surface area contributed by atoms with Crippen LogP contribution in [0, 0.1) is 0 Å². The maximum absolute atomic E-state index is 11.6. The van der Waals surface area contributed by atoms with E-state index in [2.05, 4.69) is 28.5 Å². The summed E-state index contributed by atoms with van der Waals surface area (Å²) < 4.78 is 5.35. The van der Waals surface area contributed by atoms with Crippen molar-refractivity contribution in [3.05, 3.63) is 51.7 Å². The third-order valence-corrected chi connectivity index (χ3v) is 5.25. The molecule has 3 rings (SSSR count). The number of hydrogen-bond donors (Lipinski definition) is 0. The first-order valence-corrected chi connectivity index (χ1v) is 9.25. The number of aryl methyl sites for hydroxylation is 1. The van der Waals surface area contributed by atoms with Gasteiger partial charge in [0.15, 0.2) is 0 Å². The molecule has 0 saturated carbocycles. The summed E-state index contributed by atoms with van der Waals surface area (Å²) in [5.74, 6) is 0.638. The van der Waals surface area contributed by atoms with Gasteiger partial charge in [-0.3, -0.25) is 4.90 Å². The van der Waals surface area contributed by atoms with Gasteiger partial charge in [0.25, 0.3) is 0 Å². The maximum Gasteiger partial charge on any atom is 0.414 e. The molecule has 1 aliphatic heterocycles. The maximum atomic E-state index is 11.6. The number of rotatable bonds is 5. The average molecular weight is 344 g/mol. The van der Waals surface area contributed by atoms with Crippen LogP contribution < -0.4 is 4.74 Å². The largest absolute Gasteiger partial charge is 0.414 e. The molecule has 2 aromatic rings. The quantitative estimate of drug-likeness (QED) is 0.827. The Bertz CT molecular complexity index is 683. The number of carbonyl (C=O) groups is 1. The van der Waals surface area contributed by atoms with Crippen molar-refractivity contribution in [1.82, 2.24) is 9.80 Å². The first-order chi connectivity index (χ1) is 11.6. The normalized spacial score (nSPS) is 14.2. The van der Waals surface area contributed by atoms with E-state index in [0.717, 1.165) is 26.1 Å². The van der Waals surface area contributed by atoms with Crippen LogP contribution in [-0.4, -0.2) is 43.1 Å². The van der Waals surface area contributed by atoms with Crippen LogP contribution in [0.1, 0.15) is 22.4 Å². The molecule has 1 aromatic carbocycles. The Balaban J connectivity index is 1.53. The lowest BCUT2D eigenvalue weighted by Gasteiger charge is -2.29. The Morgan fingerprint density at radius 2 is 2.17 bits per heavy atom. The number of carbonyl (C=O) groups excluding carboxylic acids is 1. The van der Waals surface area contributed by atoms with Crippen molar-refractivity contribution in [1.29, 1.82) is 0 Å². The lowest BCUT2D eigenvalue weighted by Crippen LogP contribution is -2.31. The molecule has 0 atom stereocenters. The van der Waals surface area contributed by atoms with Gasteiger partial charge >= 0.3 is 6.09 Å². The highest BCUT2D eigenvalue weighted by molar-refractivity contribution is 7.09. The van der Waals surface area contributed by atoms with E-state index < -0.39 is 0 Å². The van der Waals surface area contributed by atoms with Gasteiger partial charge in [0.1, 0.15) is 5.75 Å². The molecule has 24 heavy (non-hydrogen) atoms. The van der Waals surface area contributed by atoms with Gasteiger partial charge in [0.05, 0.1) is 0 Å². The number of benzene rings is 1. The van der Waals surface area contributed by atoms with E-state index in [9.17, 15) is 4.79 Å². The number of amides is 1. The fourth-order valence-electron chi connectivity index (χ4n) is 2.97. The molecule has 0 saturated heterocycles. The summed E-state index contributed by atoms with van der Waals surface area (Å²) in [4.78, 5) is 17.1. The van der Waals surface area contributed by atoms with E-state index in [0.29, 0.717) is 5.75 Å². The first-order valence-electron chi connectivity index (χ1n) is 8.37. The van der Waals surface area contributed by atoms with Crippen molar-refractivity contribution in [3.63, 3.8) is 0 Å². The van der Waals surface area contributed by atoms with Crippen molar-refractivity contribution in [2.24, 2.45) is 0 Å². The second-order valence-corrected chi connectivity index (χ2v) is 7.43. The Labute approximate surface area is 147 Å². The summed E-state index contributed by atoms with van der Waals surface area (Å²) in [6, 6.07) is 10.3. The van der Waals surface area contributed by atoms with Crippen molar-refractivity contribution in [3.8, 4) is 5.75 Å². The van der Waals surface area contributed by atoms with Gasteiger partial charge in [0, 0.05) is 32.1 Å². The summed E-state index contributed by atoms with van der Waals surface area (Å²) in [5, 5.41) is 2.15. The SMILES string of the molecule is CN(C)C(=O)Oc1ccc2c(c1)CCN(CCCc1cccs1)C2. The monoisotopic (exact) mass is 344 g/mol. The molecule has 1 aliphatic rings. The third-order valence-electron chi connectivity index (χ3n) is 4.32. The zero-order valence-corrected chi connectivity index (χ0v) is 15.1. The molecular formula is C19H24N2O2S. The Hall–Kier alpha value is -1.85. The molecule has 0 N–H and O–H groups in total. The van der Waals surface area contributed by atoms with Gasteiger partial charge in [-0.2, -0.15) is 0 Å². The van der Waals surface area contributed by atoms with Crippen LogP contribution >= 0.6 is 11.3 Å². The fourth-order valence-corrected chi connectivity index (χ4v) is 3.72. The van der Waals surface area contributed by atoms with Crippen molar-refractivity contribution in [2.45, 2.75) is 25.8 Å². The molecule has 2 heterocycles. The highest BCUT2D eigenvalue weighted by atomic mass is 32.1. The van der Waals surface area contributed by atoms with E-state index in [-0.39, 0.29) is 6.09 Å². The highest BCUT2D eigenvalue weighted by Gasteiger charge is 2.17. The molecule has 0 aliphatic carbocycles. The molecular weight excluding hydrogens is 320 g/mol. The summed E-state index contributed by atoms with van der Waals surface area (Å²) in [5.41, 5.74) is 2.65. The summed E-state index contributed by atoms with van der Waals surface area (Å²) in [7, 11) is 3.38. The molecule has 0 bridgehead atoms. The zero-order chi connectivity index (χ0) is 16.9. The van der Waals surface area contributed by atoms with Gasteiger partial charge in [-0.1, -0.05) is 12.1 Å². The number of ether oxygens (including phenoxy) is 1. The predicted octanol–water partition coefficient (Wildman–Crippen LogP) is 3.80. The molecule has 0 spiro atoms. The topological polar surface area (TPSA) is 32.8 Å². The van der Waals surface area contributed by atoms with E-state index >= 15 is 0 Å². The Morgan fingerprint density at radius 3 is 2.92 bits per heavy atom. The van der Waals surface area contributed by atoms with Crippen molar-refractivity contribution >= 4 is 17.4 Å².